The molecule has 0 aromatic heterocycles. The Morgan fingerprint density at radius 1 is 1.43 bits per heavy atom. The fourth-order valence-corrected chi connectivity index (χ4v) is 5.21. The number of carbonyl (C=O) groups is 1. The molecule has 0 saturated carbocycles. The van der Waals surface area contributed by atoms with E-state index >= 15 is 0 Å². The molecule has 0 bridgehead atoms. The normalized spacial score (nSPS) is 20.4. The van der Waals surface area contributed by atoms with Crippen LogP contribution in [0.4, 0.5) is 4.39 Å². The van der Waals surface area contributed by atoms with Crippen molar-refractivity contribution in [3.05, 3.63) is 28.5 Å². The number of halogens is 2. The van der Waals surface area contributed by atoms with Crippen LogP contribution in [-0.4, -0.2) is 36.4 Å². The van der Waals surface area contributed by atoms with Gasteiger partial charge < -0.3 is 5.11 Å². The van der Waals surface area contributed by atoms with E-state index in [9.17, 15) is 17.6 Å². The quantitative estimate of drug-likeness (QED) is 0.872. The van der Waals surface area contributed by atoms with Gasteiger partial charge in [-0.3, -0.25) is 4.79 Å². The Morgan fingerprint density at radius 3 is 2.76 bits per heavy atom. The summed E-state index contributed by atoms with van der Waals surface area (Å²) in [4.78, 5) is 10.9. The minimum Gasteiger partial charge on any atom is -0.481 e. The van der Waals surface area contributed by atoms with Gasteiger partial charge in [-0.15, -0.1) is 0 Å². The Bertz CT molecular complexity index is 650. The van der Waals surface area contributed by atoms with Crippen molar-refractivity contribution in [3.8, 4) is 0 Å². The number of piperidine rings is 1. The molecule has 0 amide bonds. The molecule has 1 heterocycles. The molecule has 2 rings (SSSR count). The van der Waals surface area contributed by atoms with Gasteiger partial charge in [0.1, 0.15) is 5.82 Å². The van der Waals surface area contributed by atoms with E-state index in [-0.39, 0.29) is 22.3 Å². The zero-order chi connectivity index (χ0) is 15.6. The summed E-state index contributed by atoms with van der Waals surface area (Å²) in [7, 11) is -3.85. The summed E-state index contributed by atoms with van der Waals surface area (Å²) in [5.74, 6) is -1.57. The van der Waals surface area contributed by atoms with E-state index in [0.29, 0.717) is 12.8 Å². The third-order valence-electron chi connectivity index (χ3n) is 3.46. The Hall–Kier alpha value is -0.990. The molecule has 116 valence electrons. The lowest BCUT2D eigenvalue weighted by Gasteiger charge is -2.34. The summed E-state index contributed by atoms with van der Waals surface area (Å²) in [5, 5.41) is 8.93. The summed E-state index contributed by atoms with van der Waals surface area (Å²) in [6, 6.07) is 2.80. The van der Waals surface area contributed by atoms with Gasteiger partial charge in [-0.05, 0) is 47.0 Å². The van der Waals surface area contributed by atoms with Crippen LogP contribution in [0.3, 0.4) is 0 Å². The van der Waals surface area contributed by atoms with Crippen LogP contribution >= 0.6 is 15.9 Å². The number of aliphatic carboxylic acids is 1. The first kappa shape index (κ1) is 16.4. The molecular formula is C13H15BrFNO4S. The molecule has 1 aromatic rings. The van der Waals surface area contributed by atoms with Crippen molar-refractivity contribution in [2.24, 2.45) is 0 Å². The van der Waals surface area contributed by atoms with Crippen molar-refractivity contribution in [1.29, 1.82) is 0 Å². The molecule has 8 heteroatoms. The van der Waals surface area contributed by atoms with E-state index in [0.717, 1.165) is 18.6 Å². The highest BCUT2D eigenvalue weighted by Gasteiger charge is 2.35. The molecule has 1 saturated heterocycles. The number of sulfonamides is 1. The maximum atomic E-state index is 13.1. The fraction of sp³-hybridized carbons (Fsp3) is 0.462. The summed E-state index contributed by atoms with van der Waals surface area (Å²) in [6.07, 6.45) is 1.78. The summed E-state index contributed by atoms with van der Waals surface area (Å²) in [5.41, 5.74) is 0. The molecular weight excluding hydrogens is 365 g/mol. The van der Waals surface area contributed by atoms with Crippen LogP contribution in [0.1, 0.15) is 25.7 Å². The molecule has 1 aliphatic heterocycles. The average Bonchev–Trinajstić information content (AvgIpc) is 2.37. The number of benzene rings is 1. The second-order valence-electron chi connectivity index (χ2n) is 4.94. The van der Waals surface area contributed by atoms with Gasteiger partial charge in [-0.2, -0.15) is 4.31 Å². The Labute approximate surface area is 130 Å². The molecule has 0 spiro atoms. The lowest BCUT2D eigenvalue weighted by molar-refractivity contribution is -0.138. The number of hydrogen-bond acceptors (Lipinski definition) is 3. The van der Waals surface area contributed by atoms with Gasteiger partial charge in [0.15, 0.2) is 0 Å². The van der Waals surface area contributed by atoms with Crippen LogP contribution in [0.5, 0.6) is 0 Å². The van der Waals surface area contributed by atoms with Gasteiger partial charge >= 0.3 is 5.97 Å². The summed E-state index contributed by atoms with van der Waals surface area (Å²) >= 11 is 3.06. The summed E-state index contributed by atoms with van der Waals surface area (Å²) in [6.45, 7) is 0.282. The van der Waals surface area contributed by atoms with Crippen molar-refractivity contribution in [2.75, 3.05) is 6.54 Å². The van der Waals surface area contributed by atoms with E-state index in [1.807, 2.05) is 0 Å². The van der Waals surface area contributed by atoms with Crippen LogP contribution in [0, 0.1) is 5.82 Å². The summed E-state index contributed by atoms with van der Waals surface area (Å²) < 4.78 is 39.9. The third kappa shape index (κ3) is 3.61. The first-order valence-corrected chi connectivity index (χ1v) is 8.74. The second kappa shape index (κ2) is 6.41. The molecule has 1 N–H and O–H groups in total. The molecule has 1 atom stereocenters. The van der Waals surface area contributed by atoms with Crippen LogP contribution in [0.15, 0.2) is 27.6 Å². The predicted molar refractivity (Wildman–Crippen MR) is 77.9 cm³/mol. The van der Waals surface area contributed by atoms with Gasteiger partial charge in [-0.1, -0.05) is 6.42 Å². The van der Waals surface area contributed by atoms with E-state index in [4.69, 9.17) is 5.11 Å². The average molecular weight is 380 g/mol. The molecule has 1 fully saturated rings. The third-order valence-corrected chi connectivity index (χ3v) is 6.39. The Morgan fingerprint density at radius 2 is 2.14 bits per heavy atom. The van der Waals surface area contributed by atoms with Crippen LogP contribution < -0.4 is 0 Å². The zero-order valence-electron chi connectivity index (χ0n) is 11.1. The number of nitrogens with zero attached hydrogens (tertiary/aromatic N) is 1. The number of carboxylic acids is 1. The number of carboxylic acid groups (broad SMARTS) is 1. The number of rotatable bonds is 4. The largest absolute Gasteiger partial charge is 0.481 e. The minimum absolute atomic E-state index is 0.0406. The molecule has 0 aliphatic carbocycles. The van der Waals surface area contributed by atoms with Crippen molar-refractivity contribution < 1.29 is 22.7 Å². The van der Waals surface area contributed by atoms with Crippen LogP contribution in [0.2, 0.25) is 0 Å². The lowest BCUT2D eigenvalue weighted by atomic mass is 10.0. The highest BCUT2D eigenvalue weighted by molar-refractivity contribution is 9.10. The Balaban J connectivity index is 2.38. The smallest absolute Gasteiger partial charge is 0.304 e. The fourth-order valence-electron chi connectivity index (χ4n) is 2.51. The van der Waals surface area contributed by atoms with Crippen molar-refractivity contribution in [3.63, 3.8) is 0 Å². The molecule has 1 aromatic carbocycles. The maximum absolute atomic E-state index is 13.1. The van der Waals surface area contributed by atoms with Crippen LogP contribution in [-0.2, 0) is 14.8 Å². The van der Waals surface area contributed by atoms with Gasteiger partial charge in [0.2, 0.25) is 10.0 Å². The molecule has 1 unspecified atom stereocenters. The molecule has 5 nitrogen and oxygen atoms in total. The first-order chi connectivity index (χ1) is 9.82. The van der Waals surface area contributed by atoms with E-state index < -0.39 is 27.9 Å². The SMILES string of the molecule is O=C(O)CC1CCCCN1S(=O)(=O)c1ccc(F)cc1Br. The topological polar surface area (TPSA) is 74.7 Å². The van der Waals surface area contributed by atoms with Gasteiger partial charge in [0.05, 0.1) is 11.3 Å². The highest BCUT2D eigenvalue weighted by atomic mass is 79.9. The van der Waals surface area contributed by atoms with E-state index in [2.05, 4.69) is 15.9 Å². The molecule has 1 aliphatic rings. The van der Waals surface area contributed by atoms with Crippen molar-refractivity contribution in [2.45, 2.75) is 36.6 Å². The molecule has 0 radical (unpaired) electrons. The molecule has 21 heavy (non-hydrogen) atoms. The number of hydrogen-bond donors (Lipinski definition) is 1. The monoisotopic (exact) mass is 379 g/mol. The van der Waals surface area contributed by atoms with Crippen molar-refractivity contribution >= 4 is 31.9 Å². The van der Waals surface area contributed by atoms with Crippen LogP contribution in [0.25, 0.3) is 0 Å². The first-order valence-electron chi connectivity index (χ1n) is 6.51. The standard InChI is InChI=1S/C13H15BrFNO4S/c14-11-7-9(15)4-5-12(11)21(19,20)16-6-2-1-3-10(16)8-13(17)18/h4-5,7,10H,1-3,6,8H2,(H,17,18). The van der Waals surface area contributed by atoms with Gasteiger partial charge in [-0.25, -0.2) is 12.8 Å². The zero-order valence-corrected chi connectivity index (χ0v) is 13.5. The second-order valence-corrected chi connectivity index (χ2v) is 7.65. The maximum Gasteiger partial charge on any atom is 0.304 e. The minimum atomic E-state index is -3.85. The lowest BCUT2D eigenvalue weighted by Crippen LogP contribution is -2.44. The highest BCUT2D eigenvalue weighted by Crippen LogP contribution is 2.31. The van der Waals surface area contributed by atoms with E-state index in [1.165, 1.54) is 10.4 Å². The van der Waals surface area contributed by atoms with Gasteiger partial charge in [0.25, 0.3) is 0 Å². The van der Waals surface area contributed by atoms with E-state index in [1.54, 1.807) is 0 Å². The van der Waals surface area contributed by atoms with Crippen molar-refractivity contribution in [1.82, 2.24) is 4.31 Å². The predicted octanol–water partition coefficient (Wildman–Crippen LogP) is 2.61. The van der Waals surface area contributed by atoms with Gasteiger partial charge in [0, 0.05) is 17.1 Å². The Kier molecular flexibility index (Phi) is 5.00.